The second kappa shape index (κ2) is 3.81. The molecule has 5 heteroatoms. The Bertz CT molecular complexity index is 480. The number of fused-ring (bicyclic) bond motifs is 1. The summed E-state index contributed by atoms with van der Waals surface area (Å²) in [7, 11) is 0. The molecule has 0 saturated heterocycles. The Hall–Kier alpha value is -1.10. The molecule has 0 radical (unpaired) electrons. The second-order valence-corrected chi connectivity index (χ2v) is 3.99. The van der Waals surface area contributed by atoms with Gasteiger partial charge in [-0.2, -0.15) is 0 Å². The highest BCUT2D eigenvalue weighted by Crippen LogP contribution is 2.20. The van der Waals surface area contributed by atoms with Crippen LogP contribution in [0.25, 0.3) is 11.0 Å². The zero-order chi connectivity index (χ0) is 11.0. The average Bonchev–Trinajstić information content (AvgIpc) is 2.58. The zero-order valence-corrected chi connectivity index (χ0v) is 8.99. The molecule has 0 aliphatic rings. The Labute approximate surface area is 92.1 Å². The summed E-state index contributed by atoms with van der Waals surface area (Å²) in [5, 5.41) is 9.98. The standard InChI is InChI=1S/C10H12ClN3O/c1-5(15)9(12)10-13-7-3-2-6(11)4-8(7)14-10/h2-5,9,15H,12H2,1H3,(H,13,14)/t5-,9+/m1/s1. The normalized spacial score (nSPS) is 15.5. The van der Waals surface area contributed by atoms with E-state index in [4.69, 9.17) is 17.3 Å². The Morgan fingerprint density at radius 3 is 2.93 bits per heavy atom. The fourth-order valence-electron chi connectivity index (χ4n) is 1.39. The van der Waals surface area contributed by atoms with Gasteiger partial charge >= 0.3 is 0 Å². The van der Waals surface area contributed by atoms with Gasteiger partial charge in [0.1, 0.15) is 5.82 Å². The lowest BCUT2D eigenvalue weighted by atomic mass is 10.2. The van der Waals surface area contributed by atoms with Crippen LogP contribution in [0, 0.1) is 0 Å². The van der Waals surface area contributed by atoms with Crippen LogP contribution in [0.2, 0.25) is 5.02 Å². The van der Waals surface area contributed by atoms with Gasteiger partial charge in [-0.05, 0) is 25.1 Å². The summed E-state index contributed by atoms with van der Waals surface area (Å²) in [6.45, 7) is 1.63. The predicted molar refractivity (Wildman–Crippen MR) is 59.7 cm³/mol. The van der Waals surface area contributed by atoms with Gasteiger partial charge in [0.05, 0.1) is 23.2 Å². The highest BCUT2D eigenvalue weighted by atomic mass is 35.5. The number of hydrogen-bond donors (Lipinski definition) is 3. The van der Waals surface area contributed by atoms with Gasteiger partial charge in [0.2, 0.25) is 0 Å². The van der Waals surface area contributed by atoms with Crippen molar-refractivity contribution in [1.29, 1.82) is 0 Å². The van der Waals surface area contributed by atoms with Crippen LogP contribution >= 0.6 is 11.6 Å². The first-order valence-corrected chi connectivity index (χ1v) is 5.04. The summed E-state index contributed by atoms with van der Waals surface area (Å²) < 4.78 is 0. The van der Waals surface area contributed by atoms with Crippen LogP contribution < -0.4 is 5.73 Å². The first kappa shape index (κ1) is 10.4. The maximum atomic E-state index is 9.34. The number of rotatable bonds is 2. The molecule has 4 nitrogen and oxygen atoms in total. The van der Waals surface area contributed by atoms with Crippen molar-refractivity contribution in [2.75, 3.05) is 0 Å². The van der Waals surface area contributed by atoms with Gasteiger partial charge in [0.25, 0.3) is 0 Å². The summed E-state index contributed by atoms with van der Waals surface area (Å²) in [4.78, 5) is 7.31. The summed E-state index contributed by atoms with van der Waals surface area (Å²) in [5.41, 5.74) is 7.39. The van der Waals surface area contributed by atoms with Crippen molar-refractivity contribution in [2.24, 2.45) is 5.73 Å². The fraction of sp³-hybridized carbons (Fsp3) is 0.300. The molecule has 4 N–H and O–H groups in total. The molecule has 0 amide bonds. The fourth-order valence-corrected chi connectivity index (χ4v) is 1.56. The number of halogens is 1. The molecule has 0 aliphatic heterocycles. The minimum atomic E-state index is -0.638. The van der Waals surface area contributed by atoms with E-state index in [1.807, 2.05) is 6.07 Å². The number of nitrogens with two attached hydrogens (primary N) is 1. The molecule has 0 saturated carbocycles. The van der Waals surface area contributed by atoms with E-state index in [0.717, 1.165) is 11.0 Å². The number of aliphatic hydroxyl groups excluding tert-OH is 1. The minimum Gasteiger partial charge on any atom is -0.391 e. The number of imidazole rings is 1. The van der Waals surface area contributed by atoms with Gasteiger partial charge in [-0.25, -0.2) is 4.98 Å². The van der Waals surface area contributed by atoms with E-state index in [1.54, 1.807) is 19.1 Å². The Morgan fingerprint density at radius 2 is 2.27 bits per heavy atom. The number of hydrogen-bond acceptors (Lipinski definition) is 3. The molecule has 0 spiro atoms. The van der Waals surface area contributed by atoms with Crippen LogP contribution in [0.3, 0.4) is 0 Å². The summed E-state index contributed by atoms with van der Waals surface area (Å²) in [6.07, 6.45) is -0.638. The molecule has 2 atom stereocenters. The van der Waals surface area contributed by atoms with Gasteiger partial charge < -0.3 is 15.8 Å². The number of aromatic nitrogens is 2. The average molecular weight is 226 g/mol. The van der Waals surface area contributed by atoms with Gasteiger partial charge in [0.15, 0.2) is 0 Å². The molecule has 0 unspecified atom stereocenters. The minimum absolute atomic E-state index is 0.504. The molecular formula is C10H12ClN3O. The van der Waals surface area contributed by atoms with E-state index in [9.17, 15) is 5.11 Å². The molecule has 1 heterocycles. The van der Waals surface area contributed by atoms with E-state index in [-0.39, 0.29) is 0 Å². The molecule has 1 aromatic heterocycles. The third-order valence-corrected chi connectivity index (χ3v) is 2.53. The number of aliphatic hydroxyl groups is 1. The van der Waals surface area contributed by atoms with Gasteiger partial charge in [-0.15, -0.1) is 0 Å². The topological polar surface area (TPSA) is 74.9 Å². The molecule has 0 bridgehead atoms. The highest BCUT2D eigenvalue weighted by molar-refractivity contribution is 6.31. The third kappa shape index (κ3) is 1.97. The van der Waals surface area contributed by atoms with Crippen molar-refractivity contribution in [3.8, 4) is 0 Å². The summed E-state index contributed by atoms with van der Waals surface area (Å²) in [6, 6.07) is 4.85. The second-order valence-electron chi connectivity index (χ2n) is 3.55. The third-order valence-electron chi connectivity index (χ3n) is 2.30. The Kier molecular flexibility index (Phi) is 2.65. The lowest BCUT2D eigenvalue weighted by Gasteiger charge is -2.10. The van der Waals surface area contributed by atoms with E-state index in [0.29, 0.717) is 10.8 Å². The molecular weight excluding hydrogens is 214 g/mol. The Balaban J connectivity index is 2.47. The predicted octanol–water partition coefficient (Wildman–Crippen LogP) is 1.60. The van der Waals surface area contributed by atoms with Crippen LogP contribution in [0.5, 0.6) is 0 Å². The van der Waals surface area contributed by atoms with Crippen LogP contribution in [0.15, 0.2) is 18.2 Å². The van der Waals surface area contributed by atoms with Gasteiger partial charge in [0, 0.05) is 5.02 Å². The highest BCUT2D eigenvalue weighted by Gasteiger charge is 2.15. The van der Waals surface area contributed by atoms with Crippen molar-refractivity contribution in [3.63, 3.8) is 0 Å². The van der Waals surface area contributed by atoms with E-state index < -0.39 is 12.1 Å². The first-order valence-electron chi connectivity index (χ1n) is 4.67. The van der Waals surface area contributed by atoms with E-state index >= 15 is 0 Å². The van der Waals surface area contributed by atoms with Crippen molar-refractivity contribution in [3.05, 3.63) is 29.0 Å². The van der Waals surface area contributed by atoms with Crippen LogP contribution in [0.4, 0.5) is 0 Å². The van der Waals surface area contributed by atoms with Crippen LogP contribution in [-0.2, 0) is 0 Å². The zero-order valence-electron chi connectivity index (χ0n) is 8.24. The summed E-state index contributed by atoms with van der Waals surface area (Å²) >= 11 is 5.84. The molecule has 1 aromatic carbocycles. The van der Waals surface area contributed by atoms with E-state index in [2.05, 4.69) is 9.97 Å². The van der Waals surface area contributed by atoms with Crippen molar-refractivity contribution < 1.29 is 5.11 Å². The first-order chi connectivity index (χ1) is 7.08. The maximum Gasteiger partial charge on any atom is 0.126 e. The molecule has 0 aliphatic carbocycles. The number of aromatic amines is 1. The smallest absolute Gasteiger partial charge is 0.126 e. The van der Waals surface area contributed by atoms with Gasteiger partial charge in [-0.3, -0.25) is 0 Å². The maximum absolute atomic E-state index is 9.34. The monoisotopic (exact) mass is 225 g/mol. The van der Waals surface area contributed by atoms with Crippen molar-refractivity contribution in [2.45, 2.75) is 19.1 Å². The van der Waals surface area contributed by atoms with Crippen molar-refractivity contribution in [1.82, 2.24) is 9.97 Å². The van der Waals surface area contributed by atoms with Gasteiger partial charge in [-0.1, -0.05) is 11.6 Å². The number of nitrogens with one attached hydrogen (secondary N) is 1. The molecule has 80 valence electrons. The lowest BCUT2D eigenvalue weighted by Crippen LogP contribution is -2.24. The summed E-state index contributed by atoms with van der Waals surface area (Å²) in [5.74, 6) is 0.572. The number of benzene rings is 1. The lowest BCUT2D eigenvalue weighted by molar-refractivity contribution is 0.161. The SMILES string of the molecule is C[C@@H](O)[C@H](N)c1nc2ccc(Cl)cc2[nH]1. The molecule has 2 rings (SSSR count). The number of nitrogens with zero attached hydrogens (tertiary/aromatic N) is 1. The molecule has 0 fully saturated rings. The largest absolute Gasteiger partial charge is 0.391 e. The van der Waals surface area contributed by atoms with E-state index in [1.165, 1.54) is 0 Å². The quantitative estimate of drug-likeness (QED) is 0.727. The van der Waals surface area contributed by atoms with Crippen LogP contribution in [-0.4, -0.2) is 21.2 Å². The molecule has 2 aromatic rings. The van der Waals surface area contributed by atoms with Crippen molar-refractivity contribution >= 4 is 22.6 Å². The molecule has 15 heavy (non-hydrogen) atoms. The van der Waals surface area contributed by atoms with Crippen LogP contribution in [0.1, 0.15) is 18.8 Å². The Morgan fingerprint density at radius 1 is 1.53 bits per heavy atom. The number of H-pyrrole nitrogens is 1.